The Morgan fingerprint density at radius 3 is 2.50 bits per heavy atom. The first kappa shape index (κ1) is 21.6. The van der Waals surface area contributed by atoms with Crippen LogP contribution in [0.3, 0.4) is 0 Å². The van der Waals surface area contributed by atoms with Crippen molar-refractivity contribution in [1.82, 2.24) is 14.7 Å². The van der Waals surface area contributed by atoms with Gasteiger partial charge in [0.25, 0.3) is 0 Å². The number of halogens is 1. The van der Waals surface area contributed by atoms with Crippen molar-refractivity contribution in [1.29, 1.82) is 0 Å². The van der Waals surface area contributed by atoms with Gasteiger partial charge in [-0.2, -0.15) is 5.10 Å². The lowest BCUT2D eigenvalue weighted by Gasteiger charge is -2.17. The highest BCUT2D eigenvalue weighted by Crippen LogP contribution is 2.25. The molecule has 0 fully saturated rings. The number of aromatic nitrogens is 2. The molecule has 4 aromatic rings. The van der Waals surface area contributed by atoms with Crippen LogP contribution in [0, 0.1) is 19.7 Å². The molecule has 6 heteroatoms. The van der Waals surface area contributed by atoms with Crippen molar-refractivity contribution in [2.24, 2.45) is 0 Å². The predicted octanol–water partition coefficient (Wildman–Crippen LogP) is 5.48. The number of amides is 1. The summed E-state index contributed by atoms with van der Waals surface area (Å²) in [6, 6.07) is 20.0. The molecule has 4 rings (SSSR count). The van der Waals surface area contributed by atoms with Gasteiger partial charge in [0.1, 0.15) is 17.3 Å². The maximum absolute atomic E-state index is 14.0. The lowest BCUT2D eigenvalue weighted by atomic mass is 10.1. The van der Waals surface area contributed by atoms with Gasteiger partial charge < -0.3 is 9.32 Å². The summed E-state index contributed by atoms with van der Waals surface area (Å²) in [6.07, 6.45) is 0.768. The molecule has 0 saturated carbocycles. The molecule has 2 heterocycles. The molecule has 0 bridgehead atoms. The van der Waals surface area contributed by atoms with Crippen molar-refractivity contribution in [3.05, 3.63) is 95.3 Å². The predicted molar refractivity (Wildman–Crippen MR) is 122 cm³/mol. The zero-order chi connectivity index (χ0) is 22.7. The summed E-state index contributed by atoms with van der Waals surface area (Å²) in [5, 5.41) is 4.66. The smallest absolute Gasteiger partial charge is 0.223 e. The molecule has 0 N–H and O–H groups in total. The van der Waals surface area contributed by atoms with Gasteiger partial charge in [-0.3, -0.25) is 4.79 Å². The van der Waals surface area contributed by atoms with E-state index in [2.05, 4.69) is 5.10 Å². The van der Waals surface area contributed by atoms with Gasteiger partial charge in [0, 0.05) is 37.7 Å². The molecule has 2 aromatic heterocycles. The Hall–Kier alpha value is -3.67. The number of benzene rings is 2. The fourth-order valence-electron chi connectivity index (χ4n) is 3.79. The first-order chi connectivity index (χ1) is 15.4. The second-order valence-electron chi connectivity index (χ2n) is 7.89. The van der Waals surface area contributed by atoms with Crippen LogP contribution >= 0.6 is 0 Å². The molecular formula is C26H26FN3O2. The average molecular weight is 432 g/mol. The molecule has 2 aromatic carbocycles. The Labute approximate surface area is 187 Å². The summed E-state index contributed by atoms with van der Waals surface area (Å²) in [5.41, 5.74) is 4.39. The second-order valence-corrected chi connectivity index (χ2v) is 7.89. The molecule has 0 aliphatic carbocycles. The van der Waals surface area contributed by atoms with Crippen LogP contribution in [0.25, 0.3) is 17.0 Å². The number of aryl methyl sites for hydroxylation is 2. The minimum Gasteiger partial charge on any atom is -0.461 e. The van der Waals surface area contributed by atoms with Crippen molar-refractivity contribution < 1.29 is 13.6 Å². The number of para-hydroxylation sites is 1. The number of carbonyl (C=O) groups excluding carboxylic acids is 1. The van der Waals surface area contributed by atoms with E-state index in [0.29, 0.717) is 36.5 Å². The second kappa shape index (κ2) is 9.22. The fraction of sp³-hybridized carbons (Fsp3) is 0.231. The van der Waals surface area contributed by atoms with Crippen LogP contribution < -0.4 is 0 Å². The van der Waals surface area contributed by atoms with E-state index in [-0.39, 0.29) is 11.7 Å². The van der Waals surface area contributed by atoms with Gasteiger partial charge in [-0.15, -0.1) is 0 Å². The first-order valence-electron chi connectivity index (χ1n) is 10.6. The summed E-state index contributed by atoms with van der Waals surface area (Å²) >= 11 is 0. The Bertz CT molecular complexity index is 1230. The highest BCUT2D eigenvalue weighted by Gasteiger charge is 2.18. The third-order valence-corrected chi connectivity index (χ3v) is 5.65. The molecule has 164 valence electrons. The number of nitrogens with zero attached hydrogens (tertiary/aromatic N) is 3. The van der Waals surface area contributed by atoms with E-state index in [0.717, 1.165) is 22.6 Å². The van der Waals surface area contributed by atoms with Crippen molar-refractivity contribution >= 4 is 5.91 Å². The van der Waals surface area contributed by atoms with Gasteiger partial charge in [-0.1, -0.05) is 30.3 Å². The maximum atomic E-state index is 14.0. The highest BCUT2D eigenvalue weighted by molar-refractivity contribution is 5.76. The van der Waals surface area contributed by atoms with E-state index >= 15 is 0 Å². The number of hydrogen-bond donors (Lipinski definition) is 0. The van der Waals surface area contributed by atoms with E-state index in [1.54, 1.807) is 42.3 Å². The average Bonchev–Trinajstić information content (AvgIpc) is 3.38. The van der Waals surface area contributed by atoms with Crippen LogP contribution in [-0.2, 0) is 17.8 Å². The molecule has 0 aliphatic heterocycles. The molecule has 1 amide bonds. The maximum Gasteiger partial charge on any atom is 0.223 e. The Morgan fingerprint density at radius 1 is 1.03 bits per heavy atom. The van der Waals surface area contributed by atoms with Gasteiger partial charge in [0.05, 0.1) is 16.9 Å². The summed E-state index contributed by atoms with van der Waals surface area (Å²) in [7, 11) is 1.80. The molecule has 0 saturated heterocycles. The van der Waals surface area contributed by atoms with Gasteiger partial charge in [0.15, 0.2) is 0 Å². The van der Waals surface area contributed by atoms with Crippen molar-refractivity contribution in [3.8, 4) is 17.0 Å². The molecule has 0 atom stereocenters. The van der Waals surface area contributed by atoms with E-state index in [9.17, 15) is 9.18 Å². The van der Waals surface area contributed by atoms with Crippen molar-refractivity contribution in [3.63, 3.8) is 0 Å². The Morgan fingerprint density at radius 2 is 1.75 bits per heavy atom. The zero-order valence-electron chi connectivity index (χ0n) is 18.5. The molecule has 0 radical (unpaired) electrons. The SMILES string of the molecule is Cc1nn(-c2ccccc2)c(C)c1CN(C)C(=O)CCc1ccc(-c2ccccc2F)o1. The van der Waals surface area contributed by atoms with Crippen molar-refractivity contribution in [2.45, 2.75) is 33.2 Å². The summed E-state index contributed by atoms with van der Waals surface area (Å²) < 4.78 is 21.6. The van der Waals surface area contributed by atoms with Crippen LogP contribution in [-0.4, -0.2) is 27.6 Å². The minimum absolute atomic E-state index is 0.0140. The molecule has 5 nitrogen and oxygen atoms in total. The van der Waals surface area contributed by atoms with E-state index in [1.807, 2.05) is 48.9 Å². The number of rotatable bonds is 7. The number of carbonyl (C=O) groups is 1. The quantitative estimate of drug-likeness (QED) is 0.389. The fourth-order valence-corrected chi connectivity index (χ4v) is 3.79. The van der Waals surface area contributed by atoms with Gasteiger partial charge in [0.2, 0.25) is 5.91 Å². The normalized spacial score (nSPS) is 11.0. The zero-order valence-corrected chi connectivity index (χ0v) is 18.5. The van der Waals surface area contributed by atoms with Crippen LogP contribution in [0.1, 0.15) is 29.1 Å². The first-order valence-corrected chi connectivity index (χ1v) is 10.6. The number of furan rings is 1. The number of hydrogen-bond acceptors (Lipinski definition) is 3. The summed E-state index contributed by atoms with van der Waals surface area (Å²) in [4.78, 5) is 14.5. The molecule has 32 heavy (non-hydrogen) atoms. The third-order valence-electron chi connectivity index (χ3n) is 5.65. The minimum atomic E-state index is -0.328. The lowest BCUT2D eigenvalue weighted by molar-refractivity contribution is -0.130. The largest absolute Gasteiger partial charge is 0.461 e. The molecular weight excluding hydrogens is 405 g/mol. The Balaban J connectivity index is 1.39. The highest BCUT2D eigenvalue weighted by atomic mass is 19.1. The molecule has 0 aliphatic rings. The van der Waals surface area contributed by atoms with Crippen LogP contribution in [0.15, 0.2) is 71.1 Å². The van der Waals surface area contributed by atoms with E-state index < -0.39 is 0 Å². The summed E-state index contributed by atoms with van der Waals surface area (Å²) in [5.74, 6) is 0.818. The monoisotopic (exact) mass is 431 g/mol. The third kappa shape index (κ3) is 4.49. The Kier molecular flexibility index (Phi) is 6.21. The molecule has 0 unspecified atom stereocenters. The van der Waals surface area contributed by atoms with Crippen LogP contribution in [0.5, 0.6) is 0 Å². The molecule has 0 spiro atoms. The van der Waals surface area contributed by atoms with Gasteiger partial charge in [-0.05, 0) is 50.2 Å². The van der Waals surface area contributed by atoms with Crippen LogP contribution in [0.4, 0.5) is 4.39 Å². The van der Waals surface area contributed by atoms with E-state index in [1.165, 1.54) is 6.07 Å². The van der Waals surface area contributed by atoms with Crippen molar-refractivity contribution in [2.75, 3.05) is 7.05 Å². The standard InChI is InChI=1S/C26H26FN3O2/c1-18-23(19(2)30(28-18)20-9-5-4-6-10-20)17-29(3)26(31)16-14-21-13-15-25(32-21)22-11-7-8-12-24(22)27/h4-13,15H,14,16-17H2,1-3H3. The van der Waals surface area contributed by atoms with Gasteiger partial charge in [-0.25, -0.2) is 9.07 Å². The lowest BCUT2D eigenvalue weighted by Crippen LogP contribution is -2.26. The topological polar surface area (TPSA) is 51.3 Å². The van der Waals surface area contributed by atoms with Gasteiger partial charge >= 0.3 is 0 Å². The van der Waals surface area contributed by atoms with E-state index in [4.69, 9.17) is 4.42 Å². The van der Waals surface area contributed by atoms with Crippen LogP contribution in [0.2, 0.25) is 0 Å². The summed E-state index contributed by atoms with van der Waals surface area (Å²) in [6.45, 7) is 4.48.